The maximum Gasteiger partial charge on any atom is 0.0897 e. The summed E-state index contributed by atoms with van der Waals surface area (Å²) >= 11 is 0. The van der Waals surface area contributed by atoms with Gasteiger partial charge >= 0.3 is 0 Å². The molecule has 0 aromatic carbocycles. The van der Waals surface area contributed by atoms with Crippen LogP contribution in [0.15, 0.2) is 97.2 Å². The number of ether oxygens (including phenoxy) is 3. The van der Waals surface area contributed by atoms with Gasteiger partial charge in [0.1, 0.15) is 0 Å². The van der Waals surface area contributed by atoms with Crippen LogP contribution in [0.3, 0.4) is 0 Å². The second kappa shape index (κ2) is 15.1. The average molecular weight is 555 g/mol. The smallest absolute Gasteiger partial charge is 0.0897 e. The molecule has 0 unspecified atom stereocenters. The van der Waals surface area contributed by atoms with E-state index in [4.69, 9.17) is 14.2 Å². The summed E-state index contributed by atoms with van der Waals surface area (Å²) in [6.45, 7) is 20.9. The Labute approximate surface area is 241 Å². The van der Waals surface area contributed by atoms with Crippen molar-refractivity contribution in [1.29, 1.82) is 0 Å². The lowest BCUT2D eigenvalue weighted by atomic mass is 9.75. The van der Waals surface area contributed by atoms with E-state index < -0.39 is 6.10 Å². The molecule has 9 atom stereocenters. The third-order valence-electron chi connectivity index (χ3n) is 8.51. The molecule has 0 amide bonds. The molecule has 6 fully saturated rings. The molecule has 6 nitrogen and oxygen atoms in total. The lowest BCUT2D eigenvalue weighted by Crippen LogP contribution is -2.51. The molecular weight excluding hydrogens is 504 g/mol. The molecule has 3 aliphatic carbocycles. The number of fused-ring (bicyclic) bond motifs is 3. The predicted octanol–water partition coefficient (Wildman–Crippen LogP) is 5.41. The number of hydrogen-bond acceptors (Lipinski definition) is 6. The molecule has 0 bridgehead atoms. The van der Waals surface area contributed by atoms with Gasteiger partial charge in [0.05, 0.1) is 56.4 Å². The normalized spacial score (nSPS) is 39.8. The van der Waals surface area contributed by atoms with Gasteiger partial charge in [-0.2, -0.15) is 0 Å². The first kappa shape index (κ1) is 33.9. The fourth-order valence-electron chi connectivity index (χ4n) is 5.92. The zero-order valence-corrected chi connectivity index (χ0v) is 22.2. The minimum absolute atomic E-state index is 0. The van der Waals surface area contributed by atoms with E-state index in [1.165, 1.54) is 5.57 Å². The minimum Gasteiger partial charge on any atom is -0.392 e. The van der Waals surface area contributed by atoms with Crippen LogP contribution in [-0.2, 0) is 14.2 Å². The van der Waals surface area contributed by atoms with Crippen LogP contribution in [0.2, 0.25) is 0 Å². The third-order valence-corrected chi connectivity index (χ3v) is 8.51. The Kier molecular flexibility index (Phi) is 12.8. The van der Waals surface area contributed by atoms with Crippen molar-refractivity contribution in [3.05, 3.63) is 97.2 Å². The van der Waals surface area contributed by atoms with E-state index in [-0.39, 0.29) is 57.2 Å². The molecule has 0 aromatic rings. The number of aliphatic hydroxyl groups excluding tert-OH is 3. The molecule has 3 heterocycles. The number of allylic oxidation sites excluding steroid dienone is 6. The van der Waals surface area contributed by atoms with Crippen LogP contribution in [-0.4, -0.2) is 71.8 Å². The zero-order chi connectivity index (χ0) is 27.4. The van der Waals surface area contributed by atoms with E-state index >= 15 is 0 Å². The molecule has 6 aliphatic rings. The Hall–Kier alpha value is -2.32. The highest BCUT2D eigenvalue weighted by Crippen LogP contribution is 2.41. The first-order valence-electron chi connectivity index (χ1n) is 13.5. The Morgan fingerprint density at radius 2 is 1.12 bits per heavy atom. The van der Waals surface area contributed by atoms with Crippen molar-refractivity contribution in [2.24, 2.45) is 17.8 Å². The van der Waals surface area contributed by atoms with Crippen molar-refractivity contribution >= 4 is 0 Å². The first-order chi connectivity index (χ1) is 18.3. The van der Waals surface area contributed by atoms with Crippen molar-refractivity contribution in [2.75, 3.05) is 19.8 Å². The van der Waals surface area contributed by atoms with Crippen molar-refractivity contribution in [3.63, 3.8) is 0 Å². The van der Waals surface area contributed by atoms with Crippen molar-refractivity contribution in [2.45, 2.75) is 77.2 Å². The van der Waals surface area contributed by atoms with Crippen LogP contribution in [0.4, 0.5) is 0 Å². The Balaban J connectivity index is 0.000000205. The Morgan fingerprint density at radius 1 is 0.600 bits per heavy atom. The number of hydrogen-bond donors (Lipinski definition) is 3. The van der Waals surface area contributed by atoms with Gasteiger partial charge in [0.15, 0.2) is 0 Å². The monoisotopic (exact) mass is 554 g/mol. The minimum atomic E-state index is -0.418. The third kappa shape index (κ3) is 7.11. The van der Waals surface area contributed by atoms with E-state index in [1.807, 2.05) is 18.2 Å². The molecular formula is C34H50O6. The molecule has 3 N–H and O–H groups in total. The van der Waals surface area contributed by atoms with E-state index in [1.54, 1.807) is 18.2 Å². The van der Waals surface area contributed by atoms with Crippen LogP contribution in [0.1, 0.15) is 40.5 Å². The van der Waals surface area contributed by atoms with Crippen molar-refractivity contribution in [1.82, 2.24) is 0 Å². The molecule has 0 spiro atoms. The molecule has 6 rings (SSSR count). The highest BCUT2D eigenvalue weighted by Gasteiger charge is 2.45. The van der Waals surface area contributed by atoms with Crippen LogP contribution in [0, 0.1) is 17.8 Å². The highest BCUT2D eigenvalue weighted by atomic mass is 16.5. The maximum atomic E-state index is 9.81. The highest BCUT2D eigenvalue weighted by molar-refractivity contribution is 5.40. The van der Waals surface area contributed by atoms with E-state index in [0.717, 1.165) is 48.2 Å². The van der Waals surface area contributed by atoms with Gasteiger partial charge in [0, 0.05) is 17.8 Å². The van der Waals surface area contributed by atoms with Gasteiger partial charge in [-0.1, -0.05) is 89.8 Å². The molecule has 3 saturated carbocycles. The lowest BCUT2D eigenvalue weighted by molar-refractivity contribution is -0.167. The summed E-state index contributed by atoms with van der Waals surface area (Å²) in [5, 5.41) is 29.2. The first-order valence-corrected chi connectivity index (χ1v) is 13.5. The molecule has 0 aromatic heterocycles. The van der Waals surface area contributed by atoms with E-state index in [9.17, 15) is 15.3 Å². The standard InChI is InChI=1S/2C11H14O2.C10H14O2.2CH4/c1-3-4-8-5-10-9(6-13-10)11(12)7(8)2;1-3-4-8-5-10(12)9-6-13-11(9)7(8)2;1-2-3-7-4-9(11)8-6-12-10(8)5-7;;/h2*3-4,9-12H,1-2,5-6H2;2-3,8-11H,1,4-6H2;2*1H4/b8-4-;8-4+;7-3+;;/t9-,10+,11+;9-,10-,11-;8-,9-,10-;;/m011../s1. The topological polar surface area (TPSA) is 88.4 Å². The summed E-state index contributed by atoms with van der Waals surface area (Å²) < 4.78 is 16.1. The summed E-state index contributed by atoms with van der Waals surface area (Å²) in [5.41, 5.74) is 5.26. The van der Waals surface area contributed by atoms with Crippen LogP contribution >= 0.6 is 0 Å². The molecule has 40 heavy (non-hydrogen) atoms. The fraction of sp³-hybridized carbons (Fsp3) is 0.529. The zero-order valence-electron chi connectivity index (χ0n) is 22.2. The molecule has 0 radical (unpaired) electrons. The van der Waals surface area contributed by atoms with Gasteiger partial charge in [-0.25, -0.2) is 0 Å². The van der Waals surface area contributed by atoms with Crippen molar-refractivity contribution < 1.29 is 29.5 Å². The van der Waals surface area contributed by atoms with Gasteiger partial charge in [-0.05, 0) is 48.0 Å². The van der Waals surface area contributed by atoms with Gasteiger partial charge in [0.25, 0.3) is 0 Å². The van der Waals surface area contributed by atoms with E-state index in [0.29, 0.717) is 25.6 Å². The molecule has 3 aliphatic heterocycles. The number of rotatable bonds is 3. The van der Waals surface area contributed by atoms with Gasteiger partial charge in [-0.15, -0.1) is 0 Å². The average Bonchev–Trinajstić information content (AvgIpc) is 2.80. The molecule has 6 heteroatoms. The second-order valence-corrected chi connectivity index (χ2v) is 10.9. The van der Waals surface area contributed by atoms with Gasteiger partial charge in [0.2, 0.25) is 0 Å². The molecule has 3 saturated heterocycles. The summed E-state index contributed by atoms with van der Waals surface area (Å²) in [6, 6.07) is 0. The summed E-state index contributed by atoms with van der Waals surface area (Å²) in [4.78, 5) is 0. The summed E-state index contributed by atoms with van der Waals surface area (Å²) in [6.07, 6.45) is 14.0. The SMILES string of the molecule is C.C.C=C/C=C1/C[C@H]2OC[C@@H]2[C@H](O)C1=C.C=C/C=C1\C[C@@H](O)[C@H]2CO[C@@H]2C1.C=C/C=C1\C[C@@H](O)[C@H]2CO[C@@H]2C1=C. The number of aliphatic hydroxyl groups is 3. The predicted molar refractivity (Wildman–Crippen MR) is 163 cm³/mol. The summed E-state index contributed by atoms with van der Waals surface area (Å²) in [5.74, 6) is 0.941. The summed E-state index contributed by atoms with van der Waals surface area (Å²) in [7, 11) is 0. The quantitative estimate of drug-likeness (QED) is 0.432. The maximum absolute atomic E-state index is 9.81. The van der Waals surface area contributed by atoms with Crippen molar-refractivity contribution in [3.8, 4) is 0 Å². The van der Waals surface area contributed by atoms with Gasteiger partial charge < -0.3 is 29.5 Å². The Bertz CT molecular complexity index is 979. The fourth-order valence-corrected chi connectivity index (χ4v) is 5.92. The van der Waals surface area contributed by atoms with E-state index in [2.05, 4.69) is 32.9 Å². The largest absolute Gasteiger partial charge is 0.392 e. The van der Waals surface area contributed by atoms with Crippen LogP contribution in [0.5, 0.6) is 0 Å². The molecule has 222 valence electrons. The Morgan fingerprint density at radius 3 is 1.60 bits per heavy atom. The van der Waals surface area contributed by atoms with Gasteiger partial charge in [-0.3, -0.25) is 0 Å². The van der Waals surface area contributed by atoms with Crippen LogP contribution in [0.25, 0.3) is 0 Å². The van der Waals surface area contributed by atoms with Crippen LogP contribution < -0.4 is 0 Å². The lowest BCUT2D eigenvalue weighted by Gasteiger charge is -2.45. The second-order valence-electron chi connectivity index (χ2n) is 10.9.